The molecule has 1 aliphatic carbocycles. The van der Waals surface area contributed by atoms with Gasteiger partial charge in [-0.15, -0.1) is 0 Å². The highest BCUT2D eigenvalue weighted by atomic mass is 16.3. The van der Waals surface area contributed by atoms with Gasteiger partial charge in [0.2, 0.25) is 0 Å². The van der Waals surface area contributed by atoms with E-state index in [2.05, 4.69) is 16.6 Å². The summed E-state index contributed by atoms with van der Waals surface area (Å²) in [6.45, 7) is 6.20. The van der Waals surface area contributed by atoms with Crippen LogP contribution in [0.5, 0.6) is 0 Å². The van der Waals surface area contributed by atoms with Gasteiger partial charge in [0.25, 0.3) is 0 Å². The van der Waals surface area contributed by atoms with Crippen LogP contribution in [0, 0.1) is 0 Å². The number of benzene rings is 2. The number of hydrogen-bond acceptors (Lipinski definition) is 4. The quantitative estimate of drug-likeness (QED) is 0.480. The summed E-state index contributed by atoms with van der Waals surface area (Å²) in [5, 5.41) is 9.95. The number of aliphatic hydroxyl groups excluding tert-OH is 1. The van der Waals surface area contributed by atoms with Crippen LogP contribution in [0.2, 0.25) is 0 Å². The van der Waals surface area contributed by atoms with Gasteiger partial charge in [0.05, 0.1) is 29.4 Å². The molecule has 1 aromatic heterocycles. The van der Waals surface area contributed by atoms with E-state index in [-0.39, 0.29) is 11.8 Å². The fraction of sp³-hybridized carbons (Fsp3) is 0.400. The maximum Gasteiger partial charge on any atom is 0.329 e. The molecule has 0 amide bonds. The normalized spacial score (nSPS) is 17.8. The minimum Gasteiger partial charge on any atom is -0.393 e. The van der Waals surface area contributed by atoms with E-state index in [0.29, 0.717) is 19.1 Å². The van der Waals surface area contributed by atoms with Gasteiger partial charge >= 0.3 is 5.69 Å². The number of nitrogens with zero attached hydrogens (tertiary/aromatic N) is 5. The van der Waals surface area contributed by atoms with Gasteiger partial charge in [-0.3, -0.25) is 19.1 Å². The van der Waals surface area contributed by atoms with Gasteiger partial charge in [0, 0.05) is 31.2 Å². The molecule has 1 aliphatic heterocycles. The molecule has 5 rings (SSSR count). The van der Waals surface area contributed by atoms with Crippen LogP contribution in [0.3, 0.4) is 0 Å². The molecule has 2 heterocycles. The number of fused-ring (bicyclic) bond motifs is 1. The summed E-state index contributed by atoms with van der Waals surface area (Å²) in [4.78, 5) is 24.5. The Morgan fingerprint density at radius 1 is 1.00 bits per heavy atom. The molecular formula is C25H29N5O2. The third-order valence-corrected chi connectivity index (χ3v) is 6.45. The molecule has 1 N–H and O–H groups in total. The Bertz CT molecular complexity index is 1210. The molecule has 32 heavy (non-hydrogen) atoms. The first kappa shape index (κ1) is 20.7. The van der Waals surface area contributed by atoms with E-state index < -0.39 is 0 Å². The van der Waals surface area contributed by atoms with Crippen LogP contribution in [0.25, 0.3) is 11.0 Å². The van der Waals surface area contributed by atoms with Gasteiger partial charge in [0.15, 0.2) is 0 Å². The number of aliphatic imine (C=N–C) groups is 2. The molecule has 0 radical (unpaired) electrons. The van der Waals surface area contributed by atoms with E-state index in [4.69, 9.17) is 4.99 Å². The van der Waals surface area contributed by atoms with Crippen molar-refractivity contribution in [3.8, 4) is 0 Å². The van der Waals surface area contributed by atoms with Crippen LogP contribution in [0.4, 0.5) is 5.69 Å². The molecule has 2 aromatic carbocycles. The molecule has 2 fully saturated rings. The number of imidazole rings is 1. The zero-order valence-corrected chi connectivity index (χ0v) is 18.2. The molecule has 2 aliphatic rings. The summed E-state index contributed by atoms with van der Waals surface area (Å²) < 4.78 is 3.80. The highest BCUT2D eigenvalue weighted by Crippen LogP contribution is 2.36. The molecule has 0 bridgehead atoms. The number of aliphatic hydroxyl groups is 1. The van der Waals surface area contributed by atoms with Crippen molar-refractivity contribution in [2.75, 3.05) is 19.6 Å². The lowest BCUT2D eigenvalue weighted by Crippen LogP contribution is -2.40. The second-order valence-electron chi connectivity index (χ2n) is 8.62. The third-order valence-electron chi connectivity index (χ3n) is 6.45. The molecule has 1 saturated carbocycles. The summed E-state index contributed by atoms with van der Waals surface area (Å²) in [5.41, 5.74) is 3.76. The van der Waals surface area contributed by atoms with Crippen molar-refractivity contribution < 1.29 is 5.11 Å². The maximum absolute atomic E-state index is 13.2. The Kier molecular flexibility index (Phi) is 5.66. The van der Waals surface area contributed by atoms with Crippen molar-refractivity contribution in [2.45, 2.75) is 44.4 Å². The number of likely N-dealkylation sites (tertiary alicyclic amines) is 1. The van der Waals surface area contributed by atoms with Crippen LogP contribution in [-0.2, 0) is 6.54 Å². The van der Waals surface area contributed by atoms with Crippen LogP contribution in [-0.4, -0.2) is 57.4 Å². The summed E-state index contributed by atoms with van der Waals surface area (Å²) in [7, 11) is 0. The molecule has 1 saturated heterocycles. The highest BCUT2D eigenvalue weighted by molar-refractivity contribution is 6.03. The summed E-state index contributed by atoms with van der Waals surface area (Å²) >= 11 is 0. The van der Waals surface area contributed by atoms with E-state index in [1.807, 2.05) is 57.7 Å². The highest BCUT2D eigenvalue weighted by Gasteiger charge is 2.28. The first-order chi connectivity index (χ1) is 15.7. The second-order valence-corrected chi connectivity index (χ2v) is 8.62. The Morgan fingerprint density at radius 3 is 2.41 bits per heavy atom. The molecule has 166 valence electrons. The largest absolute Gasteiger partial charge is 0.393 e. The van der Waals surface area contributed by atoms with E-state index in [1.165, 1.54) is 0 Å². The van der Waals surface area contributed by atoms with Crippen molar-refractivity contribution in [1.82, 2.24) is 14.0 Å². The predicted octanol–water partition coefficient (Wildman–Crippen LogP) is 3.37. The number of aromatic nitrogens is 2. The minimum atomic E-state index is -0.257. The van der Waals surface area contributed by atoms with Crippen molar-refractivity contribution >= 4 is 29.3 Å². The Labute approximate surface area is 187 Å². The lowest BCUT2D eigenvalue weighted by atomic mass is 10.1. The fourth-order valence-corrected chi connectivity index (χ4v) is 4.62. The molecule has 0 atom stereocenters. The SMILES string of the molecule is C=Nc1ccccc1C(=NCCn1c(=O)n(C2CC2)c2ccccc21)N1CCC(O)CC1. The lowest BCUT2D eigenvalue weighted by molar-refractivity contribution is 0.109. The summed E-state index contributed by atoms with van der Waals surface area (Å²) in [6, 6.07) is 16.2. The van der Waals surface area contributed by atoms with Crippen LogP contribution in [0.15, 0.2) is 63.3 Å². The van der Waals surface area contributed by atoms with Gasteiger partial charge in [-0.1, -0.05) is 24.3 Å². The molecule has 0 unspecified atom stereocenters. The van der Waals surface area contributed by atoms with Gasteiger partial charge in [-0.05, 0) is 56.7 Å². The molecule has 7 nitrogen and oxygen atoms in total. The topological polar surface area (TPSA) is 75.1 Å². The van der Waals surface area contributed by atoms with Crippen molar-refractivity contribution in [3.05, 3.63) is 64.6 Å². The minimum absolute atomic E-state index is 0.0553. The Balaban J connectivity index is 1.47. The van der Waals surface area contributed by atoms with E-state index in [1.54, 1.807) is 0 Å². The van der Waals surface area contributed by atoms with Crippen molar-refractivity contribution in [3.63, 3.8) is 0 Å². The molecule has 7 heteroatoms. The van der Waals surface area contributed by atoms with Crippen LogP contribution in [0.1, 0.15) is 37.3 Å². The standard InChI is InChI=1S/C25H29N5O2/c1-26-21-7-3-2-6-20(21)24(28-15-12-19(31)13-16-28)27-14-17-29-22-8-4-5-9-23(22)30(25(29)32)18-10-11-18/h2-9,18-19,31H,1,10-17H2. The monoisotopic (exact) mass is 431 g/mol. The van der Waals surface area contributed by atoms with Gasteiger partial charge in [0.1, 0.15) is 5.84 Å². The predicted molar refractivity (Wildman–Crippen MR) is 128 cm³/mol. The number of piperidine rings is 1. The first-order valence-corrected chi connectivity index (χ1v) is 11.4. The molecular weight excluding hydrogens is 402 g/mol. The van der Waals surface area contributed by atoms with Crippen molar-refractivity contribution in [1.29, 1.82) is 0 Å². The van der Waals surface area contributed by atoms with Gasteiger partial charge in [-0.2, -0.15) is 0 Å². The number of hydrogen-bond donors (Lipinski definition) is 1. The lowest BCUT2D eigenvalue weighted by Gasteiger charge is -2.32. The second kappa shape index (κ2) is 8.74. The average Bonchev–Trinajstić information content (AvgIpc) is 3.62. The molecule has 0 spiro atoms. The van der Waals surface area contributed by atoms with Crippen molar-refractivity contribution in [2.24, 2.45) is 9.98 Å². The zero-order chi connectivity index (χ0) is 22.1. The zero-order valence-electron chi connectivity index (χ0n) is 18.2. The smallest absolute Gasteiger partial charge is 0.329 e. The fourth-order valence-electron chi connectivity index (χ4n) is 4.62. The summed E-state index contributed by atoms with van der Waals surface area (Å²) in [6.07, 6.45) is 3.33. The first-order valence-electron chi connectivity index (χ1n) is 11.4. The Hall–Kier alpha value is -3.19. The van der Waals surface area contributed by atoms with Gasteiger partial charge in [-0.25, -0.2) is 4.79 Å². The van der Waals surface area contributed by atoms with Crippen LogP contribution >= 0.6 is 0 Å². The van der Waals surface area contributed by atoms with Crippen LogP contribution < -0.4 is 5.69 Å². The number of para-hydroxylation sites is 3. The van der Waals surface area contributed by atoms with E-state index >= 15 is 0 Å². The number of amidine groups is 1. The Morgan fingerprint density at radius 2 is 1.69 bits per heavy atom. The third kappa shape index (κ3) is 3.88. The summed E-state index contributed by atoms with van der Waals surface area (Å²) in [5.74, 6) is 0.860. The van der Waals surface area contributed by atoms with E-state index in [0.717, 1.165) is 66.9 Å². The number of rotatable bonds is 6. The van der Waals surface area contributed by atoms with Gasteiger partial charge < -0.3 is 10.0 Å². The van der Waals surface area contributed by atoms with E-state index in [9.17, 15) is 9.90 Å². The maximum atomic E-state index is 13.2. The average molecular weight is 432 g/mol. The molecule has 3 aromatic rings.